The van der Waals surface area contributed by atoms with Gasteiger partial charge in [0.15, 0.2) is 5.96 Å². The Kier molecular flexibility index (Phi) is 13.1. The normalized spacial score (nSPS) is 10.9. The highest BCUT2D eigenvalue weighted by Gasteiger charge is 2.02. The summed E-state index contributed by atoms with van der Waals surface area (Å²) in [4.78, 5) is 4.68. The molecule has 0 spiro atoms. The first-order valence-electron chi connectivity index (χ1n) is 9.59. The van der Waals surface area contributed by atoms with E-state index >= 15 is 0 Å². The maximum Gasteiger partial charge on any atom is 0.196 e. The number of rotatable bonds is 11. The number of guanidine groups is 1. The highest BCUT2D eigenvalue weighted by Crippen LogP contribution is 2.17. The molecule has 29 heavy (non-hydrogen) atoms. The molecule has 0 aromatic heterocycles. The van der Waals surface area contributed by atoms with Crippen molar-refractivity contribution in [2.75, 3.05) is 39.3 Å². The average molecular weight is 513 g/mol. The van der Waals surface area contributed by atoms with Crippen molar-refractivity contribution in [2.45, 2.75) is 26.5 Å². The van der Waals surface area contributed by atoms with Crippen LogP contribution >= 0.6 is 24.0 Å². The van der Waals surface area contributed by atoms with Gasteiger partial charge < -0.3 is 24.8 Å². The molecule has 0 atom stereocenters. The number of halogens is 1. The van der Waals surface area contributed by atoms with E-state index in [2.05, 4.69) is 39.9 Å². The Morgan fingerprint density at radius 2 is 1.72 bits per heavy atom. The van der Waals surface area contributed by atoms with Crippen LogP contribution in [0, 0.1) is 0 Å². The topological polar surface area (TPSA) is 64.1 Å². The number of nitrogens with zero attached hydrogens (tertiary/aromatic N) is 1. The second-order valence-corrected chi connectivity index (χ2v) is 6.29. The van der Waals surface area contributed by atoms with Crippen LogP contribution in [0.25, 0.3) is 0 Å². The summed E-state index contributed by atoms with van der Waals surface area (Å²) < 4.78 is 15.9. The lowest BCUT2D eigenvalue weighted by molar-refractivity contribution is 0.172. The number of hydrogen-bond donors (Lipinski definition) is 2. The Morgan fingerprint density at radius 3 is 2.41 bits per heavy atom. The lowest BCUT2D eigenvalue weighted by Gasteiger charge is -2.13. The number of methoxy groups -OCH3 is 2. The summed E-state index contributed by atoms with van der Waals surface area (Å²) in [5.74, 6) is 1.56. The summed E-state index contributed by atoms with van der Waals surface area (Å²) in [7, 11) is 3.40. The predicted molar refractivity (Wildman–Crippen MR) is 129 cm³/mol. The molecule has 2 N–H and O–H groups in total. The first-order valence-corrected chi connectivity index (χ1v) is 9.59. The molecular formula is C22H32IN3O3. The van der Waals surface area contributed by atoms with E-state index < -0.39 is 0 Å². The molecule has 0 amide bonds. The number of nitrogens with one attached hydrogen (secondary N) is 2. The minimum Gasteiger partial charge on any atom is -0.493 e. The second-order valence-electron chi connectivity index (χ2n) is 6.29. The van der Waals surface area contributed by atoms with Crippen molar-refractivity contribution in [1.82, 2.24) is 5.32 Å². The summed E-state index contributed by atoms with van der Waals surface area (Å²) in [5, 5.41) is 6.61. The molecule has 0 heterocycles. The van der Waals surface area contributed by atoms with Gasteiger partial charge in [0.1, 0.15) is 5.75 Å². The van der Waals surface area contributed by atoms with Gasteiger partial charge in [-0.3, -0.25) is 0 Å². The number of ether oxygens (including phenoxy) is 3. The average Bonchev–Trinajstić information content (AvgIpc) is 2.71. The molecule has 0 unspecified atom stereocenters. The Hall–Kier alpha value is -1.84. The third-order valence-corrected chi connectivity index (χ3v) is 3.96. The van der Waals surface area contributed by atoms with Gasteiger partial charge in [0.25, 0.3) is 0 Å². The van der Waals surface area contributed by atoms with Crippen LogP contribution in [0.1, 0.15) is 24.5 Å². The van der Waals surface area contributed by atoms with Crippen LogP contribution in [-0.4, -0.2) is 39.9 Å². The lowest BCUT2D eigenvalue weighted by Crippen LogP contribution is -2.30. The fraction of sp³-hybridized carbons (Fsp3) is 0.409. The van der Waals surface area contributed by atoms with E-state index in [1.165, 1.54) is 0 Å². The Labute approximate surface area is 191 Å². The van der Waals surface area contributed by atoms with Crippen LogP contribution in [0.15, 0.2) is 53.5 Å². The molecule has 7 heteroatoms. The van der Waals surface area contributed by atoms with E-state index in [9.17, 15) is 0 Å². The van der Waals surface area contributed by atoms with E-state index in [0.29, 0.717) is 26.4 Å². The molecule has 6 nitrogen and oxygen atoms in total. The van der Waals surface area contributed by atoms with Crippen LogP contribution in [0.5, 0.6) is 5.75 Å². The monoisotopic (exact) mass is 513 g/mol. The van der Waals surface area contributed by atoms with Gasteiger partial charge in [-0.25, -0.2) is 4.99 Å². The van der Waals surface area contributed by atoms with Crippen LogP contribution in [0.4, 0.5) is 5.69 Å². The van der Waals surface area contributed by atoms with Crippen molar-refractivity contribution in [3.05, 3.63) is 59.7 Å². The van der Waals surface area contributed by atoms with Gasteiger partial charge >= 0.3 is 0 Å². The molecule has 2 aromatic carbocycles. The van der Waals surface area contributed by atoms with E-state index in [-0.39, 0.29) is 24.0 Å². The fourth-order valence-corrected chi connectivity index (χ4v) is 2.58. The highest BCUT2D eigenvalue weighted by atomic mass is 127. The number of benzene rings is 2. The maximum atomic E-state index is 5.76. The van der Waals surface area contributed by atoms with Crippen LogP contribution in [0.3, 0.4) is 0 Å². The highest BCUT2D eigenvalue weighted by molar-refractivity contribution is 14.0. The van der Waals surface area contributed by atoms with E-state index in [1.807, 2.05) is 31.2 Å². The SMILES string of the molecule is CCNC(=NCc1ccc(COC)cc1)Nc1cccc(OCCCOC)c1.I. The molecule has 2 aromatic rings. The lowest BCUT2D eigenvalue weighted by atomic mass is 10.1. The van der Waals surface area contributed by atoms with Crippen LogP contribution in [-0.2, 0) is 22.6 Å². The molecule has 0 aliphatic rings. The molecule has 2 rings (SSSR count). The van der Waals surface area contributed by atoms with Crippen molar-refractivity contribution in [3.8, 4) is 5.75 Å². The van der Waals surface area contributed by atoms with Gasteiger partial charge in [-0.2, -0.15) is 0 Å². The summed E-state index contributed by atoms with van der Waals surface area (Å²) in [6.45, 7) is 5.37. The summed E-state index contributed by atoms with van der Waals surface area (Å²) >= 11 is 0. The number of aliphatic imine (C=N–C) groups is 1. The molecular weight excluding hydrogens is 481 g/mol. The van der Waals surface area contributed by atoms with Gasteiger partial charge in [-0.05, 0) is 30.2 Å². The quantitative estimate of drug-likeness (QED) is 0.201. The Bertz CT molecular complexity index is 723. The van der Waals surface area contributed by atoms with Crippen molar-refractivity contribution in [2.24, 2.45) is 4.99 Å². The standard InChI is InChI=1S/C22H31N3O3.HI/c1-4-23-22(24-16-18-9-11-19(12-10-18)17-27-3)25-20-7-5-8-21(15-20)28-14-6-13-26-2;/h5,7-12,15H,4,6,13-14,16-17H2,1-3H3,(H2,23,24,25);1H. The second kappa shape index (κ2) is 15.1. The third kappa shape index (κ3) is 9.96. The zero-order chi connectivity index (χ0) is 20.0. The molecule has 0 aliphatic carbocycles. The minimum atomic E-state index is 0. The number of anilines is 1. The van der Waals surface area contributed by atoms with Gasteiger partial charge in [0, 0.05) is 45.5 Å². The van der Waals surface area contributed by atoms with E-state index in [1.54, 1.807) is 14.2 Å². The van der Waals surface area contributed by atoms with Crippen LogP contribution in [0.2, 0.25) is 0 Å². The molecule has 160 valence electrons. The summed E-state index contributed by atoms with van der Waals surface area (Å²) in [5.41, 5.74) is 3.23. The fourth-order valence-electron chi connectivity index (χ4n) is 2.58. The van der Waals surface area contributed by atoms with Crippen molar-refractivity contribution >= 4 is 35.6 Å². The van der Waals surface area contributed by atoms with Crippen molar-refractivity contribution in [1.29, 1.82) is 0 Å². The smallest absolute Gasteiger partial charge is 0.196 e. The third-order valence-electron chi connectivity index (χ3n) is 3.96. The first-order chi connectivity index (χ1) is 13.7. The molecule has 0 saturated carbocycles. The maximum absolute atomic E-state index is 5.76. The molecule has 0 aliphatic heterocycles. The summed E-state index contributed by atoms with van der Waals surface area (Å²) in [6.07, 6.45) is 0.863. The van der Waals surface area contributed by atoms with Gasteiger partial charge in [0.05, 0.1) is 19.8 Å². The molecule has 0 fully saturated rings. The predicted octanol–water partition coefficient (Wildman–Crippen LogP) is 4.44. The Balaban J connectivity index is 0.00000420. The zero-order valence-corrected chi connectivity index (χ0v) is 19.8. The van der Waals surface area contributed by atoms with Gasteiger partial charge in [-0.1, -0.05) is 30.3 Å². The van der Waals surface area contributed by atoms with Crippen molar-refractivity contribution < 1.29 is 14.2 Å². The van der Waals surface area contributed by atoms with Gasteiger partial charge in [0.2, 0.25) is 0 Å². The van der Waals surface area contributed by atoms with Crippen LogP contribution < -0.4 is 15.4 Å². The first kappa shape index (κ1) is 25.2. The molecule has 0 saturated heterocycles. The zero-order valence-electron chi connectivity index (χ0n) is 17.4. The largest absolute Gasteiger partial charge is 0.493 e. The van der Waals surface area contributed by atoms with E-state index in [0.717, 1.165) is 41.5 Å². The minimum absolute atomic E-state index is 0. The van der Waals surface area contributed by atoms with Gasteiger partial charge in [-0.15, -0.1) is 24.0 Å². The number of hydrogen-bond acceptors (Lipinski definition) is 4. The summed E-state index contributed by atoms with van der Waals surface area (Å²) in [6, 6.07) is 16.2. The van der Waals surface area contributed by atoms with Crippen molar-refractivity contribution in [3.63, 3.8) is 0 Å². The Morgan fingerprint density at radius 1 is 0.966 bits per heavy atom. The molecule has 0 bridgehead atoms. The molecule has 0 radical (unpaired) electrons. The van der Waals surface area contributed by atoms with E-state index in [4.69, 9.17) is 14.2 Å².